The third-order valence-electron chi connectivity index (χ3n) is 3.06. The predicted molar refractivity (Wildman–Crippen MR) is 90.8 cm³/mol. The van der Waals surface area contributed by atoms with E-state index in [0.717, 1.165) is 11.1 Å². The number of oxime groups is 1. The molecule has 0 N–H and O–H groups in total. The van der Waals surface area contributed by atoms with Crippen LogP contribution in [-0.4, -0.2) is 24.2 Å². The van der Waals surface area contributed by atoms with Crippen molar-refractivity contribution in [2.24, 2.45) is 5.16 Å². The van der Waals surface area contributed by atoms with Gasteiger partial charge in [-0.05, 0) is 35.4 Å². The van der Waals surface area contributed by atoms with E-state index >= 15 is 0 Å². The van der Waals surface area contributed by atoms with Crippen LogP contribution in [0.15, 0.2) is 53.7 Å². The van der Waals surface area contributed by atoms with Crippen molar-refractivity contribution >= 4 is 17.9 Å². The normalized spacial score (nSPS) is 9.96. The molecule has 0 unspecified atom stereocenters. The second-order valence-electron chi connectivity index (χ2n) is 4.80. The number of nitro groups is 1. The molecule has 0 spiro atoms. The number of ether oxygens (including phenoxy) is 1. The van der Waals surface area contributed by atoms with Gasteiger partial charge in [-0.15, -0.1) is 0 Å². The fraction of sp³-hybridized carbons (Fsp3) is 0.111. The summed E-state index contributed by atoms with van der Waals surface area (Å²) in [6, 6.07) is 13.1. The maximum absolute atomic E-state index is 10.9. The zero-order chi connectivity index (χ0) is 18.1. The predicted octanol–water partition coefficient (Wildman–Crippen LogP) is 2.67. The highest BCUT2D eigenvalue weighted by molar-refractivity contribution is 5.89. The van der Waals surface area contributed by atoms with Crippen LogP contribution in [0.2, 0.25) is 0 Å². The lowest BCUT2D eigenvalue weighted by Crippen LogP contribution is -1.94. The third-order valence-corrected chi connectivity index (χ3v) is 3.06. The molecule has 2 rings (SSSR count). The Hall–Kier alpha value is -3.66. The number of non-ortho nitro benzene ring substituents is 1. The van der Waals surface area contributed by atoms with Gasteiger partial charge in [0, 0.05) is 23.6 Å². The molecule has 0 aliphatic heterocycles. The molecule has 0 aromatic heterocycles. The van der Waals surface area contributed by atoms with E-state index in [1.165, 1.54) is 25.5 Å². The first-order valence-electron chi connectivity index (χ1n) is 7.17. The van der Waals surface area contributed by atoms with Crippen molar-refractivity contribution in [2.75, 3.05) is 7.11 Å². The van der Waals surface area contributed by atoms with Gasteiger partial charge in [-0.25, -0.2) is 4.79 Å². The Balaban J connectivity index is 1.86. The van der Waals surface area contributed by atoms with Crippen molar-refractivity contribution in [1.82, 2.24) is 0 Å². The minimum Gasteiger partial charge on any atom is -0.459 e. The Kier molecular flexibility index (Phi) is 6.25. The molecule has 0 aliphatic carbocycles. The minimum atomic E-state index is -0.592. The van der Waals surface area contributed by atoms with Crippen molar-refractivity contribution in [2.45, 2.75) is 6.61 Å². The molecule has 0 bridgehead atoms. The number of esters is 1. The fourth-order valence-electron chi connectivity index (χ4n) is 1.75. The topological polar surface area (TPSA) is 91.0 Å². The van der Waals surface area contributed by atoms with Crippen LogP contribution in [-0.2, 0) is 21.0 Å². The zero-order valence-corrected chi connectivity index (χ0v) is 13.3. The SMILES string of the molecule is COC(=O)C#Cc1ccc(C=NOCc2ccc([N+](=O)[O-])cc2)cc1. The molecule has 25 heavy (non-hydrogen) atoms. The molecule has 2 aromatic rings. The number of carbonyl (C=O) groups is 1. The zero-order valence-electron chi connectivity index (χ0n) is 13.3. The van der Waals surface area contributed by atoms with E-state index in [1.54, 1.807) is 36.4 Å². The monoisotopic (exact) mass is 338 g/mol. The van der Waals surface area contributed by atoms with E-state index in [9.17, 15) is 14.9 Å². The Bertz CT molecular complexity index is 831. The summed E-state index contributed by atoms with van der Waals surface area (Å²) in [5.41, 5.74) is 2.28. The molecule has 0 heterocycles. The van der Waals surface area contributed by atoms with Crippen LogP contribution in [0, 0.1) is 22.0 Å². The van der Waals surface area contributed by atoms with Crippen LogP contribution in [0.3, 0.4) is 0 Å². The van der Waals surface area contributed by atoms with E-state index < -0.39 is 10.9 Å². The summed E-state index contributed by atoms with van der Waals surface area (Å²) in [4.78, 5) is 26.2. The highest BCUT2D eigenvalue weighted by Crippen LogP contribution is 2.12. The molecule has 0 atom stereocenters. The molecule has 7 heteroatoms. The summed E-state index contributed by atoms with van der Waals surface area (Å²) in [5.74, 6) is 4.42. The molecule has 0 aliphatic rings. The van der Waals surface area contributed by atoms with Gasteiger partial charge >= 0.3 is 5.97 Å². The number of carbonyl (C=O) groups excluding carboxylic acids is 1. The largest absolute Gasteiger partial charge is 0.459 e. The third kappa shape index (κ3) is 5.80. The summed E-state index contributed by atoms with van der Waals surface area (Å²) in [5, 5.41) is 14.4. The summed E-state index contributed by atoms with van der Waals surface area (Å²) in [7, 11) is 1.27. The minimum absolute atomic E-state index is 0.0302. The number of benzene rings is 2. The summed E-state index contributed by atoms with van der Waals surface area (Å²) in [6.45, 7) is 0.206. The molecule has 0 fully saturated rings. The van der Waals surface area contributed by atoms with Crippen molar-refractivity contribution in [3.8, 4) is 11.8 Å². The molecule has 0 radical (unpaired) electrons. The number of hydrogen-bond acceptors (Lipinski definition) is 6. The lowest BCUT2D eigenvalue weighted by atomic mass is 10.1. The average Bonchev–Trinajstić information content (AvgIpc) is 2.64. The molecule has 0 saturated heterocycles. The first-order chi connectivity index (χ1) is 12.1. The van der Waals surface area contributed by atoms with Gasteiger partial charge in [0.15, 0.2) is 0 Å². The van der Waals surface area contributed by atoms with E-state index in [1.807, 2.05) is 0 Å². The molecule has 0 saturated carbocycles. The highest BCUT2D eigenvalue weighted by atomic mass is 16.6. The number of methoxy groups -OCH3 is 1. The summed E-state index contributed by atoms with van der Waals surface area (Å²) in [6.07, 6.45) is 1.53. The van der Waals surface area contributed by atoms with Crippen molar-refractivity contribution in [3.63, 3.8) is 0 Å². The van der Waals surface area contributed by atoms with Crippen LogP contribution in [0.25, 0.3) is 0 Å². The van der Waals surface area contributed by atoms with Gasteiger partial charge in [0.1, 0.15) is 6.61 Å². The number of hydrogen-bond donors (Lipinski definition) is 0. The van der Waals surface area contributed by atoms with Crippen LogP contribution < -0.4 is 0 Å². The van der Waals surface area contributed by atoms with Gasteiger partial charge in [-0.1, -0.05) is 23.2 Å². The van der Waals surface area contributed by atoms with Crippen LogP contribution >= 0.6 is 0 Å². The quantitative estimate of drug-likeness (QED) is 0.275. The van der Waals surface area contributed by atoms with Crippen molar-refractivity contribution in [1.29, 1.82) is 0 Å². The Morgan fingerprint density at radius 3 is 2.48 bits per heavy atom. The second-order valence-corrected chi connectivity index (χ2v) is 4.80. The van der Waals surface area contributed by atoms with Crippen LogP contribution in [0.4, 0.5) is 5.69 Å². The molecule has 7 nitrogen and oxygen atoms in total. The Labute approximate surface area is 144 Å². The number of nitrogens with zero attached hydrogens (tertiary/aromatic N) is 2. The smallest absolute Gasteiger partial charge is 0.384 e. The van der Waals surface area contributed by atoms with Gasteiger partial charge in [0.2, 0.25) is 0 Å². The van der Waals surface area contributed by atoms with Crippen LogP contribution in [0.1, 0.15) is 16.7 Å². The summed E-state index contributed by atoms with van der Waals surface area (Å²) < 4.78 is 4.43. The standard InChI is InChI=1S/C18H14N2O5/c1-24-18(21)11-8-14-2-4-15(5-3-14)12-19-25-13-16-6-9-17(10-7-16)20(22)23/h2-7,9-10,12H,13H2,1H3. The fourth-order valence-corrected chi connectivity index (χ4v) is 1.75. The average molecular weight is 338 g/mol. The first kappa shape index (κ1) is 17.7. The van der Waals surface area contributed by atoms with Gasteiger partial charge in [0.25, 0.3) is 5.69 Å². The molecule has 126 valence electrons. The van der Waals surface area contributed by atoms with Crippen molar-refractivity contribution in [3.05, 3.63) is 75.3 Å². The second kappa shape index (κ2) is 8.84. The maximum atomic E-state index is 10.9. The lowest BCUT2D eigenvalue weighted by Gasteiger charge is -1.99. The van der Waals surface area contributed by atoms with Crippen molar-refractivity contribution < 1.29 is 19.3 Å². The number of nitro benzene ring substituents is 1. The lowest BCUT2D eigenvalue weighted by molar-refractivity contribution is -0.384. The van der Waals surface area contributed by atoms with E-state index in [0.29, 0.717) is 5.56 Å². The molecular formula is C18H14N2O5. The maximum Gasteiger partial charge on any atom is 0.384 e. The highest BCUT2D eigenvalue weighted by Gasteiger charge is 2.03. The first-order valence-corrected chi connectivity index (χ1v) is 7.17. The van der Waals surface area contributed by atoms with E-state index in [4.69, 9.17) is 4.84 Å². The Morgan fingerprint density at radius 1 is 1.20 bits per heavy atom. The van der Waals surface area contributed by atoms with Gasteiger partial charge < -0.3 is 9.57 Å². The summed E-state index contributed by atoms with van der Waals surface area (Å²) >= 11 is 0. The van der Waals surface area contributed by atoms with E-state index in [2.05, 4.69) is 21.7 Å². The molecule has 2 aromatic carbocycles. The van der Waals surface area contributed by atoms with Gasteiger partial charge in [-0.2, -0.15) is 0 Å². The van der Waals surface area contributed by atoms with E-state index in [-0.39, 0.29) is 12.3 Å². The van der Waals surface area contributed by atoms with Gasteiger partial charge in [-0.3, -0.25) is 10.1 Å². The molecule has 0 amide bonds. The van der Waals surface area contributed by atoms with Crippen LogP contribution in [0.5, 0.6) is 0 Å². The van der Waals surface area contributed by atoms with Gasteiger partial charge in [0.05, 0.1) is 18.2 Å². The number of rotatable bonds is 5. The molecular weight excluding hydrogens is 324 g/mol. The Morgan fingerprint density at radius 2 is 1.88 bits per heavy atom.